The smallest absolute Gasteiger partial charge is 0.0208 e. The van der Waals surface area contributed by atoms with Crippen molar-refractivity contribution in [2.75, 3.05) is 7.05 Å². The van der Waals surface area contributed by atoms with E-state index >= 15 is 0 Å². The van der Waals surface area contributed by atoms with E-state index in [0.29, 0.717) is 0 Å². The number of benzene rings is 3. The molecule has 94 valence electrons. The SMILES string of the molecule is CNCc1ccccc1-c1ccc2ccccc2c1. The fourth-order valence-corrected chi connectivity index (χ4v) is 2.50. The second-order valence-corrected chi connectivity index (χ2v) is 4.75. The maximum atomic E-state index is 3.23. The molecule has 1 N–H and O–H groups in total. The number of rotatable bonds is 3. The van der Waals surface area contributed by atoms with Crippen molar-refractivity contribution < 1.29 is 0 Å². The molecule has 0 fully saturated rings. The zero-order chi connectivity index (χ0) is 13.1. The van der Waals surface area contributed by atoms with Gasteiger partial charge in [0.1, 0.15) is 0 Å². The minimum absolute atomic E-state index is 0.892. The van der Waals surface area contributed by atoms with Gasteiger partial charge >= 0.3 is 0 Å². The summed E-state index contributed by atoms with van der Waals surface area (Å²) < 4.78 is 0. The van der Waals surface area contributed by atoms with E-state index in [4.69, 9.17) is 0 Å². The van der Waals surface area contributed by atoms with Gasteiger partial charge < -0.3 is 5.32 Å². The lowest BCUT2D eigenvalue weighted by Crippen LogP contribution is -2.06. The highest BCUT2D eigenvalue weighted by Crippen LogP contribution is 2.27. The van der Waals surface area contributed by atoms with Crippen LogP contribution >= 0.6 is 0 Å². The van der Waals surface area contributed by atoms with Crippen molar-refractivity contribution in [1.29, 1.82) is 0 Å². The molecule has 3 aromatic carbocycles. The van der Waals surface area contributed by atoms with Crippen LogP contribution in [0, 0.1) is 0 Å². The Morgan fingerprint density at radius 1 is 0.789 bits per heavy atom. The van der Waals surface area contributed by atoms with E-state index in [9.17, 15) is 0 Å². The summed E-state index contributed by atoms with van der Waals surface area (Å²) in [6.45, 7) is 0.892. The van der Waals surface area contributed by atoms with Crippen LogP contribution in [0.15, 0.2) is 66.7 Å². The van der Waals surface area contributed by atoms with Crippen molar-refractivity contribution in [3.8, 4) is 11.1 Å². The Labute approximate surface area is 113 Å². The molecule has 0 heterocycles. The van der Waals surface area contributed by atoms with Gasteiger partial charge in [-0.3, -0.25) is 0 Å². The molecular weight excluding hydrogens is 230 g/mol. The molecule has 0 saturated carbocycles. The first-order chi connectivity index (χ1) is 9.38. The third-order valence-corrected chi connectivity index (χ3v) is 3.45. The molecule has 0 amide bonds. The Hall–Kier alpha value is -2.12. The van der Waals surface area contributed by atoms with Crippen molar-refractivity contribution in [1.82, 2.24) is 5.32 Å². The van der Waals surface area contributed by atoms with E-state index in [-0.39, 0.29) is 0 Å². The molecule has 0 radical (unpaired) electrons. The number of fused-ring (bicyclic) bond motifs is 1. The summed E-state index contributed by atoms with van der Waals surface area (Å²) in [5.41, 5.74) is 3.92. The van der Waals surface area contributed by atoms with Crippen molar-refractivity contribution in [2.24, 2.45) is 0 Å². The maximum absolute atomic E-state index is 3.23. The Morgan fingerprint density at radius 2 is 1.53 bits per heavy atom. The number of hydrogen-bond donors (Lipinski definition) is 1. The second kappa shape index (κ2) is 5.25. The third kappa shape index (κ3) is 2.38. The normalized spacial score (nSPS) is 10.8. The van der Waals surface area contributed by atoms with Gasteiger partial charge in [-0.25, -0.2) is 0 Å². The van der Waals surface area contributed by atoms with Crippen LogP contribution < -0.4 is 5.32 Å². The van der Waals surface area contributed by atoms with Gasteiger partial charge in [0.25, 0.3) is 0 Å². The molecule has 1 nitrogen and oxygen atoms in total. The molecule has 3 rings (SSSR count). The van der Waals surface area contributed by atoms with E-state index in [1.807, 2.05) is 7.05 Å². The fraction of sp³-hybridized carbons (Fsp3) is 0.111. The molecular formula is C18H17N. The molecule has 1 heteroatoms. The van der Waals surface area contributed by atoms with Gasteiger partial charge in [-0.05, 0) is 40.6 Å². The second-order valence-electron chi connectivity index (χ2n) is 4.75. The van der Waals surface area contributed by atoms with Crippen LogP contribution in [0.5, 0.6) is 0 Å². The number of nitrogens with one attached hydrogen (secondary N) is 1. The highest BCUT2D eigenvalue weighted by molar-refractivity contribution is 5.87. The summed E-state index contributed by atoms with van der Waals surface area (Å²) in [6, 6.07) is 23.7. The largest absolute Gasteiger partial charge is 0.316 e. The first-order valence-electron chi connectivity index (χ1n) is 6.60. The summed E-state index contributed by atoms with van der Waals surface area (Å²) in [6.07, 6.45) is 0. The highest BCUT2D eigenvalue weighted by Gasteiger charge is 2.04. The van der Waals surface area contributed by atoms with Gasteiger partial charge in [0.05, 0.1) is 0 Å². The molecule has 0 aliphatic carbocycles. The van der Waals surface area contributed by atoms with E-state index < -0.39 is 0 Å². The summed E-state index contributed by atoms with van der Waals surface area (Å²) in [5, 5.41) is 5.81. The number of hydrogen-bond acceptors (Lipinski definition) is 1. The predicted molar refractivity (Wildman–Crippen MR) is 82.1 cm³/mol. The monoisotopic (exact) mass is 247 g/mol. The zero-order valence-corrected chi connectivity index (χ0v) is 11.1. The molecule has 0 aromatic heterocycles. The third-order valence-electron chi connectivity index (χ3n) is 3.45. The maximum Gasteiger partial charge on any atom is 0.0208 e. The van der Waals surface area contributed by atoms with Crippen LogP contribution in [0.25, 0.3) is 21.9 Å². The van der Waals surface area contributed by atoms with Crippen LogP contribution in [0.4, 0.5) is 0 Å². The van der Waals surface area contributed by atoms with Gasteiger partial charge in [0.15, 0.2) is 0 Å². The Balaban J connectivity index is 2.13. The lowest BCUT2D eigenvalue weighted by molar-refractivity contribution is 0.819. The summed E-state index contributed by atoms with van der Waals surface area (Å²) in [5.74, 6) is 0. The Morgan fingerprint density at radius 3 is 2.37 bits per heavy atom. The van der Waals surface area contributed by atoms with Crippen molar-refractivity contribution in [3.63, 3.8) is 0 Å². The molecule has 0 unspecified atom stereocenters. The summed E-state index contributed by atoms with van der Waals surface area (Å²) >= 11 is 0. The van der Waals surface area contributed by atoms with E-state index in [1.165, 1.54) is 27.5 Å². The van der Waals surface area contributed by atoms with Crippen molar-refractivity contribution in [3.05, 3.63) is 72.3 Å². The summed E-state index contributed by atoms with van der Waals surface area (Å²) in [7, 11) is 1.98. The highest BCUT2D eigenvalue weighted by atomic mass is 14.8. The first-order valence-corrected chi connectivity index (χ1v) is 6.60. The lowest BCUT2D eigenvalue weighted by atomic mass is 9.97. The van der Waals surface area contributed by atoms with Crippen molar-refractivity contribution in [2.45, 2.75) is 6.54 Å². The lowest BCUT2D eigenvalue weighted by Gasteiger charge is -2.10. The molecule has 0 atom stereocenters. The molecule has 0 bridgehead atoms. The van der Waals surface area contributed by atoms with Crippen LogP contribution in [0.3, 0.4) is 0 Å². The van der Waals surface area contributed by atoms with Crippen LogP contribution in [0.1, 0.15) is 5.56 Å². The molecule has 0 spiro atoms. The molecule has 3 aromatic rings. The van der Waals surface area contributed by atoms with Crippen LogP contribution in [-0.4, -0.2) is 7.05 Å². The fourth-order valence-electron chi connectivity index (χ4n) is 2.50. The predicted octanol–water partition coefficient (Wildman–Crippen LogP) is 4.23. The van der Waals surface area contributed by atoms with Gasteiger partial charge in [-0.2, -0.15) is 0 Å². The first kappa shape index (κ1) is 11.9. The minimum atomic E-state index is 0.892. The van der Waals surface area contributed by atoms with Crippen LogP contribution in [0.2, 0.25) is 0 Å². The quantitative estimate of drug-likeness (QED) is 0.730. The average molecular weight is 247 g/mol. The van der Waals surface area contributed by atoms with Gasteiger partial charge in [-0.15, -0.1) is 0 Å². The van der Waals surface area contributed by atoms with Gasteiger partial charge in [0.2, 0.25) is 0 Å². The average Bonchev–Trinajstić information content (AvgIpc) is 2.48. The molecule has 0 saturated heterocycles. The molecule has 0 aliphatic rings. The topological polar surface area (TPSA) is 12.0 Å². The molecule has 19 heavy (non-hydrogen) atoms. The van der Waals surface area contributed by atoms with Crippen LogP contribution in [-0.2, 0) is 6.54 Å². The van der Waals surface area contributed by atoms with Gasteiger partial charge in [-0.1, -0.05) is 60.7 Å². The zero-order valence-electron chi connectivity index (χ0n) is 11.1. The molecule has 0 aliphatic heterocycles. The van der Waals surface area contributed by atoms with E-state index in [2.05, 4.69) is 72.0 Å². The van der Waals surface area contributed by atoms with Crippen molar-refractivity contribution >= 4 is 10.8 Å². The van der Waals surface area contributed by atoms with E-state index in [0.717, 1.165) is 6.54 Å². The van der Waals surface area contributed by atoms with E-state index in [1.54, 1.807) is 0 Å². The van der Waals surface area contributed by atoms with Gasteiger partial charge in [0, 0.05) is 6.54 Å². The minimum Gasteiger partial charge on any atom is -0.316 e. The standard InChI is InChI=1S/C18H17N/c1-19-13-17-8-4-5-9-18(17)16-11-10-14-6-2-3-7-15(14)12-16/h2-12,19H,13H2,1H3. The Bertz CT molecular complexity index is 701. The Kier molecular flexibility index (Phi) is 3.30. The summed E-state index contributed by atoms with van der Waals surface area (Å²) in [4.78, 5) is 0.